The molecule has 0 aliphatic carbocycles. The molecule has 0 aromatic heterocycles. The van der Waals surface area contributed by atoms with Crippen LogP contribution < -0.4 is 10.1 Å². The van der Waals surface area contributed by atoms with Crippen LogP contribution in [-0.2, 0) is 0 Å². The van der Waals surface area contributed by atoms with Crippen LogP contribution in [0.5, 0.6) is 11.5 Å². The van der Waals surface area contributed by atoms with E-state index in [0.717, 1.165) is 22.2 Å². The van der Waals surface area contributed by atoms with E-state index in [2.05, 4.69) is 52.4 Å². The monoisotopic (exact) mass is 347 g/mol. The predicted octanol–water partition coefficient (Wildman–Crippen LogP) is 4.33. The van der Waals surface area contributed by atoms with Crippen LogP contribution in [0.3, 0.4) is 0 Å². The predicted molar refractivity (Wildman–Crippen MR) is 86.7 cm³/mol. The van der Waals surface area contributed by atoms with E-state index in [0.29, 0.717) is 6.61 Å². The minimum atomic E-state index is 0.161. The largest absolute Gasteiger partial charge is 0.508 e. The minimum Gasteiger partial charge on any atom is -0.508 e. The first-order chi connectivity index (χ1) is 10.2. The van der Waals surface area contributed by atoms with E-state index in [4.69, 9.17) is 4.74 Å². The molecule has 3 rings (SSSR count). The van der Waals surface area contributed by atoms with Crippen molar-refractivity contribution in [2.45, 2.75) is 25.4 Å². The van der Waals surface area contributed by atoms with Crippen LogP contribution in [0.4, 0.5) is 0 Å². The lowest BCUT2D eigenvalue weighted by Gasteiger charge is -2.22. The molecule has 1 aliphatic heterocycles. The van der Waals surface area contributed by atoms with Gasteiger partial charge < -0.3 is 15.2 Å². The van der Waals surface area contributed by atoms with Gasteiger partial charge in [-0.1, -0.05) is 35.0 Å². The van der Waals surface area contributed by atoms with E-state index in [1.807, 2.05) is 6.07 Å². The number of phenolic OH excluding ortho intramolecular Hbond substituents is 1. The molecule has 2 N–H and O–H groups in total. The summed E-state index contributed by atoms with van der Waals surface area (Å²) in [4.78, 5) is 0. The van der Waals surface area contributed by atoms with Gasteiger partial charge in [0.15, 0.2) is 0 Å². The Morgan fingerprint density at radius 1 is 1.29 bits per heavy atom. The maximum absolute atomic E-state index is 9.51. The SMILES string of the molecule is CCC(NC1COc2cc(O)ccc21)c1ccc(Br)cc1. The third kappa shape index (κ3) is 3.06. The smallest absolute Gasteiger partial charge is 0.127 e. The highest BCUT2D eigenvalue weighted by atomic mass is 79.9. The fourth-order valence-electron chi connectivity index (χ4n) is 2.72. The molecule has 0 saturated heterocycles. The topological polar surface area (TPSA) is 41.5 Å². The second-order valence-electron chi connectivity index (χ2n) is 5.26. The van der Waals surface area contributed by atoms with Gasteiger partial charge in [-0.25, -0.2) is 0 Å². The van der Waals surface area contributed by atoms with Crippen molar-refractivity contribution in [2.24, 2.45) is 0 Å². The highest BCUT2D eigenvalue weighted by Gasteiger charge is 2.26. The molecule has 1 aliphatic rings. The number of hydrogen-bond donors (Lipinski definition) is 2. The summed E-state index contributed by atoms with van der Waals surface area (Å²) in [7, 11) is 0. The molecule has 21 heavy (non-hydrogen) atoms. The van der Waals surface area contributed by atoms with Crippen LogP contribution >= 0.6 is 15.9 Å². The second-order valence-corrected chi connectivity index (χ2v) is 6.18. The molecule has 2 aromatic rings. The Balaban J connectivity index is 1.78. The van der Waals surface area contributed by atoms with Crippen molar-refractivity contribution in [1.29, 1.82) is 0 Å². The highest BCUT2D eigenvalue weighted by molar-refractivity contribution is 9.10. The van der Waals surface area contributed by atoms with Gasteiger partial charge in [-0.3, -0.25) is 0 Å². The minimum absolute atomic E-state index is 0.161. The summed E-state index contributed by atoms with van der Waals surface area (Å²) < 4.78 is 6.75. The molecule has 110 valence electrons. The maximum atomic E-state index is 9.51. The molecule has 2 aromatic carbocycles. The van der Waals surface area contributed by atoms with Crippen LogP contribution in [0.15, 0.2) is 46.9 Å². The summed E-state index contributed by atoms with van der Waals surface area (Å²) in [6, 6.07) is 14.2. The average molecular weight is 348 g/mol. The zero-order valence-electron chi connectivity index (χ0n) is 11.8. The number of halogens is 1. The van der Waals surface area contributed by atoms with Crippen LogP contribution in [0, 0.1) is 0 Å². The van der Waals surface area contributed by atoms with E-state index in [-0.39, 0.29) is 17.8 Å². The van der Waals surface area contributed by atoms with E-state index < -0.39 is 0 Å². The van der Waals surface area contributed by atoms with Crippen molar-refractivity contribution in [3.8, 4) is 11.5 Å². The molecule has 0 amide bonds. The molecular formula is C17H18BrNO2. The molecule has 2 unspecified atom stereocenters. The van der Waals surface area contributed by atoms with E-state index in [1.165, 1.54) is 5.56 Å². The van der Waals surface area contributed by atoms with Gasteiger partial charge in [-0.2, -0.15) is 0 Å². The van der Waals surface area contributed by atoms with Gasteiger partial charge >= 0.3 is 0 Å². The van der Waals surface area contributed by atoms with Crippen LogP contribution in [0.25, 0.3) is 0 Å². The van der Waals surface area contributed by atoms with Gasteiger partial charge in [0.05, 0.1) is 6.04 Å². The number of ether oxygens (including phenoxy) is 1. The summed E-state index contributed by atoms with van der Waals surface area (Å²) in [6.07, 6.45) is 1.01. The summed E-state index contributed by atoms with van der Waals surface area (Å²) >= 11 is 3.47. The van der Waals surface area contributed by atoms with Crippen molar-refractivity contribution < 1.29 is 9.84 Å². The standard InChI is InChI=1S/C17H18BrNO2/c1-2-15(11-3-5-12(18)6-4-11)19-16-10-21-17-9-13(20)7-8-14(16)17/h3-9,15-16,19-20H,2,10H2,1H3. The molecule has 1 heterocycles. The van der Waals surface area contributed by atoms with Crippen molar-refractivity contribution >= 4 is 15.9 Å². The van der Waals surface area contributed by atoms with Gasteiger partial charge in [0, 0.05) is 22.1 Å². The Labute approximate surface area is 133 Å². The number of aromatic hydroxyl groups is 1. The number of nitrogens with one attached hydrogen (secondary N) is 1. The third-order valence-electron chi connectivity index (χ3n) is 3.86. The first kappa shape index (κ1) is 14.4. The van der Waals surface area contributed by atoms with E-state index >= 15 is 0 Å². The molecule has 0 radical (unpaired) electrons. The van der Waals surface area contributed by atoms with Gasteiger partial charge in [0.25, 0.3) is 0 Å². The van der Waals surface area contributed by atoms with Gasteiger partial charge in [0.1, 0.15) is 18.1 Å². The Morgan fingerprint density at radius 2 is 2.05 bits per heavy atom. The number of phenols is 1. The van der Waals surface area contributed by atoms with Crippen LogP contribution in [0.1, 0.15) is 36.6 Å². The van der Waals surface area contributed by atoms with E-state index in [9.17, 15) is 5.11 Å². The molecule has 0 saturated carbocycles. The van der Waals surface area contributed by atoms with Crippen molar-refractivity contribution in [3.05, 3.63) is 58.1 Å². The van der Waals surface area contributed by atoms with Crippen LogP contribution in [-0.4, -0.2) is 11.7 Å². The summed E-state index contributed by atoms with van der Waals surface area (Å²) in [5, 5.41) is 13.2. The number of hydrogen-bond acceptors (Lipinski definition) is 3. The zero-order chi connectivity index (χ0) is 14.8. The third-order valence-corrected chi connectivity index (χ3v) is 4.39. The molecule has 0 bridgehead atoms. The molecular weight excluding hydrogens is 330 g/mol. The maximum Gasteiger partial charge on any atom is 0.127 e. The zero-order valence-corrected chi connectivity index (χ0v) is 13.4. The Bertz CT molecular complexity index is 627. The molecule has 0 spiro atoms. The first-order valence-corrected chi connectivity index (χ1v) is 7.94. The molecule has 4 heteroatoms. The van der Waals surface area contributed by atoms with Gasteiger partial charge in [-0.05, 0) is 36.2 Å². The lowest BCUT2D eigenvalue weighted by atomic mass is 10.0. The molecule has 0 fully saturated rings. The Hall–Kier alpha value is -1.52. The number of benzene rings is 2. The quantitative estimate of drug-likeness (QED) is 0.864. The summed E-state index contributed by atoms with van der Waals surface area (Å²) in [5.41, 5.74) is 2.39. The van der Waals surface area contributed by atoms with Crippen molar-refractivity contribution in [3.63, 3.8) is 0 Å². The lowest BCUT2D eigenvalue weighted by molar-refractivity contribution is 0.295. The molecule has 3 nitrogen and oxygen atoms in total. The molecule has 2 atom stereocenters. The fraction of sp³-hybridized carbons (Fsp3) is 0.294. The Kier molecular flexibility index (Phi) is 4.17. The normalized spacial score (nSPS) is 18.1. The second kappa shape index (κ2) is 6.08. The number of rotatable bonds is 4. The van der Waals surface area contributed by atoms with Crippen LogP contribution in [0.2, 0.25) is 0 Å². The van der Waals surface area contributed by atoms with Crippen molar-refractivity contribution in [1.82, 2.24) is 5.32 Å². The van der Waals surface area contributed by atoms with Gasteiger partial charge in [-0.15, -0.1) is 0 Å². The Morgan fingerprint density at radius 3 is 2.76 bits per heavy atom. The first-order valence-electron chi connectivity index (χ1n) is 7.14. The van der Waals surface area contributed by atoms with E-state index in [1.54, 1.807) is 12.1 Å². The van der Waals surface area contributed by atoms with Crippen molar-refractivity contribution in [2.75, 3.05) is 6.61 Å². The summed E-state index contributed by atoms with van der Waals surface area (Å²) in [5.74, 6) is 1.02. The highest BCUT2D eigenvalue weighted by Crippen LogP contribution is 2.36. The fourth-order valence-corrected chi connectivity index (χ4v) is 2.99. The van der Waals surface area contributed by atoms with Gasteiger partial charge in [0.2, 0.25) is 0 Å². The average Bonchev–Trinajstić information content (AvgIpc) is 2.88. The lowest BCUT2D eigenvalue weighted by Crippen LogP contribution is -2.27. The number of fused-ring (bicyclic) bond motifs is 1. The summed E-state index contributed by atoms with van der Waals surface area (Å²) in [6.45, 7) is 2.78.